The highest BCUT2D eigenvalue weighted by atomic mass is 16.6. The molecule has 78 valence electrons. The lowest BCUT2D eigenvalue weighted by Crippen LogP contribution is -1.83. The molecule has 0 fully saturated rings. The van der Waals surface area contributed by atoms with E-state index in [9.17, 15) is 10.1 Å². The summed E-state index contributed by atoms with van der Waals surface area (Å²) in [5, 5.41) is 16.9. The van der Waals surface area contributed by atoms with Crippen LogP contribution in [-0.2, 0) is 6.42 Å². The van der Waals surface area contributed by atoms with Gasteiger partial charge in [0.05, 0.1) is 6.07 Å². The van der Waals surface area contributed by atoms with Gasteiger partial charge in [0.2, 0.25) is 5.82 Å². The Morgan fingerprint density at radius 3 is 2.93 bits per heavy atom. The van der Waals surface area contributed by atoms with Crippen LogP contribution in [0.4, 0.5) is 5.88 Å². The van der Waals surface area contributed by atoms with Crippen LogP contribution in [0.15, 0.2) is 16.5 Å². The molecule has 0 bridgehead atoms. The molecule has 0 spiro atoms. The first-order valence-electron chi connectivity index (χ1n) is 4.36. The van der Waals surface area contributed by atoms with Crippen molar-refractivity contribution in [3.8, 4) is 11.6 Å². The van der Waals surface area contributed by atoms with Crippen LogP contribution in [-0.4, -0.2) is 20.1 Å². The van der Waals surface area contributed by atoms with Gasteiger partial charge < -0.3 is 4.42 Å². The summed E-state index contributed by atoms with van der Waals surface area (Å²) >= 11 is 0. The van der Waals surface area contributed by atoms with E-state index in [1.807, 2.05) is 6.92 Å². The Morgan fingerprint density at radius 2 is 2.40 bits per heavy atom. The number of furan rings is 1. The topological polar surface area (TPSA) is 97.8 Å². The molecule has 2 rings (SSSR count). The van der Waals surface area contributed by atoms with Crippen molar-refractivity contribution in [1.29, 1.82) is 0 Å². The van der Waals surface area contributed by atoms with Gasteiger partial charge in [0.1, 0.15) is 10.7 Å². The van der Waals surface area contributed by atoms with Gasteiger partial charge in [0.15, 0.2) is 5.76 Å². The van der Waals surface area contributed by atoms with Gasteiger partial charge in [0, 0.05) is 6.42 Å². The minimum Gasteiger partial charge on any atom is -0.397 e. The summed E-state index contributed by atoms with van der Waals surface area (Å²) < 4.78 is 4.94. The van der Waals surface area contributed by atoms with E-state index in [0.717, 1.165) is 6.42 Å². The average Bonchev–Trinajstić information content (AvgIpc) is 2.86. The number of nitrogens with one attached hydrogen (secondary N) is 1. The molecule has 0 aromatic carbocycles. The first kappa shape index (κ1) is 9.38. The van der Waals surface area contributed by atoms with E-state index in [-0.39, 0.29) is 11.6 Å². The summed E-state index contributed by atoms with van der Waals surface area (Å²) in [5.41, 5.74) is 0. The summed E-state index contributed by atoms with van der Waals surface area (Å²) in [6.07, 6.45) is 0.718. The first-order chi connectivity index (χ1) is 7.20. The van der Waals surface area contributed by atoms with Crippen molar-refractivity contribution in [2.75, 3.05) is 0 Å². The largest absolute Gasteiger partial charge is 0.433 e. The first-order valence-corrected chi connectivity index (χ1v) is 4.36. The van der Waals surface area contributed by atoms with Crippen LogP contribution in [0.25, 0.3) is 11.6 Å². The molecule has 7 heteroatoms. The van der Waals surface area contributed by atoms with E-state index < -0.39 is 4.92 Å². The van der Waals surface area contributed by atoms with Crippen molar-refractivity contribution in [2.24, 2.45) is 0 Å². The predicted molar refractivity (Wildman–Crippen MR) is 50.1 cm³/mol. The third-order valence-corrected chi connectivity index (χ3v) is 1.86. The van der Waals surface area contributed by atoms with Crippen molar-refractivity contribution in [3.05, 3.63) is 28.1 Å². The van der Waals surface area contributed by atoms with Crippen molar-refractivity contribution in [1.82, 2.24) is 15.2 Å². The van der Waals surface area contributed by atoms with Crippen molar-refractivity contribution in [2.45, 2.75) is 13.3 Å². The number of aromatic amines is 1. The second-order valence-electron chi connectivity index (χ2n) is 2.85. The van der Waals surface area contributed by atoms with E-state index in [2.05, 4.69) is 15.2 Å². The van der Waals surface area contributed by atoms with Gasteiger partial charge in [-0.05, 0) is 6.07 Å². The Balaban J connectivity index is 2.32. The third-order valence-electron chi connectivity index (χ3n) is 1.86. The number of nitrogens with zero attached hydrogens (tertiary/aromatic N) is 3. The molecule has 2 aromatic heterocycles. The van der Waals surface area contributed by atoms with Crippen LogP contribution in [0, 0.1) is 10.1 Å². The summed E-state index contributed by atoms with van der Waals surface area (Å²) in [6.45, 7) is 1.93. The minimum absolute atomic E-state index is 0.289. The average molecular weight is 208 g/mol. The highest BCUT2D eigenvalue weighted by Gasteiger charge is 2.15. The Kier molecular flexibility index (Phi) is 2.20. The molecular weight excluding hydrogens is 200 g/mol. The second kappa shape index (κ2) is 3.52. The smallest absolute Gasteiger partial charge is 0.397 e. The molecule has 0 saturated heterocycles. The number of rotatable bonds is 3. The Bertz CT molecular complexity index is 488. The normalized spacial score (nSPS) is 10.5. The van der Waals surface area contributed by atoms with Crippen molar-refractivity contribution < 1.29 is 9.34 Å². The lowest BCUT2D eigenvalue weighted by atomic mass is 10.4. The van der Waals surface area contributed by atoms with Crippen molar-refractivity contribution in [3.63, 3.8) is 0 Å². The molecule has 0 aliphatic heterocycles. The summed E-state index contributed by atoms with van der Waals surface area (Å²) in [4.78, 5) is 13.9. The molecule has 1 N–H and O–H groups in total. The number of aryl methyl sites for hydroxylation is 1. The third kappa shape index (κ3) is 1.71. The maximum atomic E-state index is 10.4. The zero-order valence-corrected chi connectivity index (χ0v) is 7.93. The van der Waals surface area contributed by atoms with Crippen LogP contribution in [0.1, 0.15) is 12.7 Å². The Hall–Kier alpha value is -2.18. The molecule has 2 aromatic rings. The van der Waals surface area contributed by atoms with Gasteiger partial charge in [-0.1, -0.05) is 6.92 Å². The molecule has 15 heavy (non-hydrogen) atoms. The molecule has 7 nitrogen and oxygen atoms in total. The molecule has 0 aliphatic carbocycles. The fourth-order valence-electron chi connectivity index (χ4n) is 1.11. The fourth-order valence-corrected chi connectivity index (χ4v) is 1.11. The SMILES string of the molecule is CCc1nc(-c2ccc([N+](=O)[O-])o2)n[nH]1. The number of hydrogen-bond donors (Lipinski definition) is 1. The lowest BCUT2D eigenvalue weighted by molar-refractivity contribution is -0.401. The molecular formula is C8H8N4O3. The zero-order valence-electron chi connectivity index (χ0n) is 7.93. The number of aromatic nitrogens is 3. The molecule has 2 heterocycles. The van der Waals surface area contributed by atoms with Gasteiger partial charge in [-0.25, -0.2) is 4.98 Å². The van der Waals surface area contributed by atoms with E-state index in [1.54, 1.807) is 0 Å². The number of nitro groups is 1. The van der Waals surface area contributed by atoms with Crippen LogP contribution in [0.2, 0.25) is 0 Å². The molecule has 0 saturated carbocycles. The van der Waals surface area contributed by atoms with E-state index >= 15 is 0 Å². The van der Waals surface area contributed by atoms with Gasteiger partial charge in [-0.15, -0.1) is 0 Å². The van der Waals surface area contributed by atoms with E-state index in [4.69, 9.17) is 4.42 Å². The van der Waals surface area contributed by atoms with Crippen LogP contribution in [0.5, 0.6) is 0 Å². The molecule has 0 atom stereocenters. The minimum atomic E-state index is -0.600. The Morgan fingerprint density at radius 1 is 1.60 bits per heavy atom. The number of H-pyrrole nitrogens is 1. The standard InChI is InChI=1S/C8H8N4O3/c1-2-6-9-8(11-10-6)5-3-4-7(15-5)12(13)14/h3-4H,2H2,1H3,(H,9,10,11). The maximum absolute atomic E-state index is 10.4. The summed E-state index contributed by atoms with van der Waals surface area (Å²) in [6, 6.07) is 2.75. The summed E-state index contributed by atoms with van der Waals surface area (Å²) in [5.74, 6) is 1.02. The second-order valence-corrected chi connectivity index (χ2v) is 2.85. The van der Waals surface area contributed by atoms with E-state index in [1.165, 1.54) is 12.1 Å². The maximum Gasteiger partial charge on any atom is 0.433 e. The van der Waals surface area contributed by atoms with Crippen molar-refractivity contribution >= 4 is 5.88 Å². The monoisotopic (exact) mass is 208 g/mol. The van der Waals surface area contributed by atoms with Gasteiger partial charge >= 0.3 is 5.88 Å². The molecule has 0 unspecified atom stereocenters. The summed E-state index contributed by atoms with van der Waals surface area (Å²) in [7, 11) is 0. The van der Waals surface area contributed by atoms with Gasteiger partial charge in [-0.3, -0.25) is 15.2 Å². The zero-order chi connectivity index (χ0) is 10.8. The van der Waals surface area contributed by atoms with E-state index in [0.29, 0.717) is 11.6 Å². The fraction of sp³-hybridized carbons (Fsp3) is 0.250. The quantitative estimate of drug-likeness (QED) is 0.609. The predicted octanol–water partition coefficient (Wildman–Crippen LogP) is 1.54. The number of hydrogen-bond acceptors (Lipinski definition) is 5. The lowest BCUT2D eigenvalue weighted by Gasteiger charge is -1.85. The van der Waals surface area contributed by atoms with Gasteiger partial charge in [0.25, 0.3) is 0 Å². The van der Waals surface area contributed by atoms with Crippen LogP contribution < -0.4 is 0 Å². The molecule has 0 aliphatic rings. The van der Waals surface area contributed by atoms with Crippen LogP contribution in [0.3, 0.4) is 0 Å². The Labute approximate surface area is 84.3 Å². The van der Waals surface area contributed by atoms with Crippen LogP contribution >= 0.6 is 0 Å². The molecule has 0 amide bonds. The molecule has 0 radical (unpaired) electrons. The highest BCUT2D eigenvalue weighted by molar-refractivity contribution is 5.48. The van der Waals surface area contributed by atoms with Gasteiger partial charge in [-0.2, -0.15) is 5.10 Å². The highest BCUT2D eigenvalue weighted by Crippen LogP contribution is 2.22.